The fourth-order valence-electron chi connectivity index (χ4n) is 0. The Labute approximate surface area is 113 Å². The molecule has 0 saturated heterocycles. The van der Waals surface area contributed by atoms with Gasteiger partial charge in [-0.3, -0.25) is 4.79 Å². The van der Waals surface area contributed by atoms with E-state index in [0.717, 1.165) is 0 Å². The normalized spacial score (nSPS) is 0.923. The van der Waals surface area contributed by atoms with E-state index in [-0.39, 0.29) is 103 Å². The molecule has 0 aromatic heterocycles. The highest BCUT2D eigenvalue weighted by atomic mass is 35.5. The van der Waals surface area contributed by atoms with E-state index in [2.05, 4.69) is 0 Å². The minimum absolute atomic E-state index is 0. The Bertz CT molecular complexity index is 25.1. The molecule has 90 valence electrons. The lowest BCUT2D eigenvalue weighted by molar-refractivity contribution is -0.122. The minimum atomic E-state index is -0.250. The van der Waals surface area contributed by atoms with Gasteiger partial charge in [-0.05, 0) is 0 Å². The highest BCUT2D eigenvalue weighted by Gasteiger charge is 1.22. The van der Waals surface area contributed by atoms with Crippen molar-refractivity contribution in [1.29, 1.82) is 0 Å². The van der Waals surface area contributed by atoms with Crippen LogP contribution in [0.3, 0.4) is 0 Å². The summed E-state index contributed by atoms with van der Waals surface area (Å²) in [6.07, 6.45) is 0. The van der Waals surface area contributed by atoms with Gasteiger partial charge in [-0.1, -0.05) is 0 Å². The van der Waals surface area contributed by atoms with Crippen LogP contribution in [0.25, 0.3) is 0 Å². The van der Waals surface area contributed by atoms with Crippen molar-refractivity contribution >= 4 is 65.0 Å². The summed E-state index contributed by atoms with van der Waals surface area (Å²) in [7, 11) is 0. The molecule has 0 spiro atoms. The van der Waals surface area contributed by atoms with Gasteiger partial charge >= 0.3 is 46.1 Å². The van der Waals surface area contributed by atoms with E-state index in [1.165, 1.54) is 0 Å². The average molecular weight is 261 g/mol. The standard InChI is InChI=1S/CH2O2.ClH.2Mg.7H2O.4H/c2-1-3;;;;;;;;;;;;;;/h1H,(H,2,3);1H;;;7*1H2;;;;. The van der Waals surface area contributed by atoms with Crippen LogP contribution in [-0.4, -0.2) is 96.0 Å². The van der Waals surface area contributed by atoms with Crippen molar-refractivity contribution in [1.82, 2.24) is 0 Å². The van der Waals surface area contributed by atoms with Gasteiger partial charge in [0.1, 0.15) is 0 Å². The van der Waals surface area contributed by atoms with Crippen molar-refractivity contribution in [2.24, 2.45) is 0 Å². The number of halogens is 1. The molecule has 0 aromatic carbocycles. The Morgan fingerprint density at radius 2 is 0.692 bits per heavy atom. The second-order valence-electron chi connectivity index (χ2n) is 0.105. The predicted octanol–water partition coefficient (Wildman–Crippen LogP) is -7.48. The topological polar surface area (TPSA) is 258 Å². The van der Waals surface area contributed by atoms with E-state index in [9.17, 15) is 0 Å². The summed E-state index contributed by atoms with van der Waals surface area (Å²) in [6, 6.07) is 0. The molecular formula is CH21ClMg2O9. The maximum Gasteiger partial charge on any atom is 0.316 e. The van der Waals surface area contributed by atoms with Crippen LogP contribution in [0, 0.1) is 0 Å². The second kappa shape index (κ2) is 464. The largest absolute Gasteiger partial charge is 0.483 e. The zero-order valence-corrected chi connectivity index (χ0v) is 6.16. The number of carbonyl (C=O) groups is 1. The lowest BCUT2D eigenvalue weighted by atomic mass is 11.7. The van der Waals surface area contributed by atoms with Gasteiger partial charge in [0.25, 0.3) is 6.47 Å². The molecule has 15 N–H and O–H groups in total. The maximum atomic E-state index is 8.36. The molecule has 12 heteroatoms. The molecule has 0 radical (unpaired) electrons. The van der Waals surface area contributed by atoms with E-state index >= 15 is 0 Å². The number of carboxylic acid groups (broad SMARTS) is 1. The van der Waals surface area contributed by atoms with Gasteiger partial charge in [0.15, 0.2) is 0 Å². The number of hydrogen-bond donors (Lipinski definition) is 1. The molecule has 0 fully saturated rings. The van der Waals surface area contributed by atoms with Gasteiger partial charge in [0.2, 0.25) is 0 Å². The number of rotatable bonds is 0. The highest BCUT2D eigenvalue weighted by molar-refractivity contribution is 5.85. The van der Waals surface area contributed by atoms with Crippen LogP contribution in [0.4, 0.5) is 0 Å². The Balaban J connectivity index is -0.000000000444. The van der Waals surface area contributed by atoms with Crippen LogP contribution in [-0.2, 0) is 4.79 Å². The van der Waals surface area contributed by atoms with E-state index in [1.807, 2.05) is 0 Å². The first-order valence-electron chi connectivity index (χ1n) is 0.494. The van der Waals surface area contributed by atoms with Crippen molar-refractivity contribution in [3.05, 3.63) is 0 Å². The Kier molecular flexibility index (Phi) is 9320. The molecule has 0 unspecified atom stereocenters. The third-order valence-electron chi connectivity index (χ3n) is 0. The molecule has 0 atom stereocenters. The molecule has 0 aromatic rings. The van der Waals surface area contributed by atoms with Crippen molar-refractivity contribution in [3.63, 3.8) is 0 Å². The third kappa shape index (κ3) is 1540. The van der Waals surface area contributed by atoms with Gasteiger partial charge in [0, 0.05) is 0 Å². The SMILES string of the molecule is Cl.O.O.O.O.O.O.O.O=CO.[MgH2].[MgH2]. The minimum Gasteiger partial charge on any atom is -0.483 e. The Hall–Kier alpha value is 1.01. The van der Waals surface area contributed by atoms with Gasteiger partial charge < -0.3 is 43.4 Å². The van der Waals surface area contributed by atoms with Crippen LogP contribution < -0.4 is 0 Å². The van der Waals surface area contributed by atoms with Gasteiger partial charge in [-0.15, -0.1) is 12.4 Å². The summed E-state index contributed by atoms with van der Waals surface area (Å²) in [6.45, 7) is -0.250. The summed E-state index contributed by atoms with van der Waals surface area (Å²) in [5.74, 6) is 0. The van der Waals surface area contributed by atoms with Gasteiger partial charge in [-0.25, -0.2) is 0 Å². The molecule has 0 bridgehead atoms. The van der Waals surface area contributed by atoms with Gasteiger partial charge in [0.05, 0.1) is 0 Å². The molecule has 0 rings (SSSR count). The average Bonchev–Trinajstić information content (AvgIpc) is 0.918. The molecule has 9 nitrogen and oxygen atoms in total. The molecule has 0 heterocycles. The van der Waals surface area contributed by atoms with Gasteiger partial charge in [-0.2, -0.15) is 0 Å². The first-order valence-corrected chi connectivity index (χ1v) is 0.494. The molecule has 0 saturated carbocycles. The van der Waals surface area contributed by atoms with Crippen LogP contribution in [0.5, 0.6) is 0 Å². The van der Waals surface area contributed by atoms with Crippen LogP contribution >= 0.6 is 12.4 Å². The van der Waals surface area contributed by atoms with E-state index in [4.69, 9.17) is 9.90 Å². The quantitative estimate of drug-likeness (QED) is 0.329. The summed E-state index contributed by atoms with van der Waals surface area (Å²) in [4.78, 5) is 8.36. The van der Waals surface area contributed by atoms with E-state index in [0.29, 0.717) is 0 Å². The molecule has 0 aliphatic heterocycles. The lowest BCUT2D eigenvalue weighted by Gasteiger charge is -1.34. The molecule has 0 amide bonds. The summed E-state index contributed by atoms with van der Waals surface area (Å²) < 4.78 is 0. The smallest absolute Gasteiger partial charge is 0.316 e. The highest BCUT2D eigenvalue weighted by Crippen LogP contribution is 0.966. The van der Waals surface area contributed by atoms with Crippen molar-refractivity contribution in [3.8, 4) is 0 Å². The molecular weight excluding hydrogens is 240 g/mol. The summed E-state index contributed by atoms with van der Waals surface area (Å²) >= 11 is 0. The fourth-order valence-corrected chi connectivity index (χ4v) is 0. The fraction of sp³-hybridized carbons (Fsp3) is 0. The van der Waals surface area contributed by atoms with E-state index in [1.54, 1.807) is 0 Å². The molecule has 0 aliphatic rings. The van der Waals surface area contributed by atoms with Crippen molar-refractivity contribution in [2.45, 2.75) is 0 Å². The van der Waals surface area contributed by atoms with Crippen LogP contribution in [0.15, 0.2) is 0 Å². The van der Waals surface area contributed by atoms with Crippen LogP contribution in [0.2, 0.25) is 0 Å². The zero-order chi connectivity index (χ0) is 2.71. The van der Waals surface area contributed by atoms with E-state index < -0.39 is 0 Å². The monoisotopic (exact) mass is 260 g/mol. The summed E-state index contributed by atoms with van der Waals surface area (Å²) in [5, 5.41) is 6.89. The summed E-state index contributed by atoms with van der Waals surface area (Å²) in [5.41, 5.74) is 0. The van der Waals surface area contributed by atoms with Crippen LogP contribution in [0.1, 0.15) is 0 Å². The zero-order valence-electron chi connectivity index (χ0n) is 5.34. The van der Waals surface area contributed by atoms with Crippen molar-refractivity contribution < 1.29 is 48.2 Å². The maximum absolute atomic E-state index is 8.36. The predicted molar refractivity (Wildman–Crippen MR) is 58.3 cm³/mol. The molecule has 13 heavy (non-hydrogen) atoms. The second-order valence-corrected chi connectivity index (χ2v) is 0.105. The first kappa shape index (κ1) is 261. The number of hydrogen-bond acceptors (Lipinski definition) is 1. The molecule has 0 aliphatic carbocycles. The third-order valence-corrected chi connectivity index (χ3v) is 0. The Morgan fingerprint density at radius 3 is 0.692 bits per heavy atom. The lowest BCUT2D eigenvalue weighted by Crippen LogP contribution is -1.49. The van der Waals surface area contributed by atoms with Crippen molar-refractivity contribution in [2.75, 3.05) is 0 Å². The first-order chi connectivity index (χ1) is 1.41. The Morgan fingerprint density at radius 1 is 0.692 bits per heavy atom.